The van der Waals surface area contributed by atoms with Crippen LogP contribution in [0.25, 0.3) is 22.4 Å². The summed E-state index contributed by atoms with van der Waals surface area (Å²) >= 11 is 1.18. The molecule has 0 unspecified atom stereocenters. The molecule has 2 N–H and O–H groups in total. The number of fused-ring (bicyclic) bond motifs is 2. The molecule has 2 aromatic heterocycles. The number of anilines is 2. The van der Waals surface area contributed by atoms with E-state index >= 15 is 0 Å². The third-order valence-corrected chi connectivity index (χ3v) is 5.98. The Morgan fingerprint density at radius 1 is 1.19 bits per heavy atom. The number of rotatable bonds is 4. The van der Waals surface area contributed by atoms with Gasteiger partial charge in [0.25, 0.3) is 11.1 Å². The summed E-state index contributed by atoms with van der Waals surface area (Å²) in [5, 5.41) is 12.4. The van der Waals surface area contributed by atoms with Crippen molar-refractivity contribution in [3.05, 3.63) is 54.7 Å². The van der Waals surface area contributed by atoms with E-state index in [2.05, 4.69) is 20.5 Å². The monoisotopic (exact) mass is 433 g/mol. The van der Waals surface area contributed by atoms with Crippen LogP contribution >= 0.6 is 11.8 Å². The number of para-hydroxylation sites is 3. The highest BCUT2D eigenvalue weighted by molar-refractivity contribution is 7.99. The summed E-state index contributed by atoms with van der Waals surface area (Å²) in [5.74, 6) is 0.273. The zero-order chi connectivity index (χ0) is 21.4. The maximum atomic E-state index is 13.1. The third-order valence-electron chi connectivity index (χ3n) is 5.17. The quantitative estimate of drug-likeness (QED) is 0.470. The van der Waals surface area contributed by atoms with Gasteiger partial charge in [-0.3, -0.25) is 9.59 Å². The smallest absolute Gasteiger partial charge is 0.277 e. The zero-order valence-electron chi connectivity index (χ0n) is 16.7. The van der Waals surface area contributed by atoms with Gasteiger partial charge >= 0.3 is 0 Å². The van der Waals surface area contributed by atoms with Gasteiger partial charge in [0.05, 0.1) is 22.7 Å². The Morgan fingerprint density at radius 3 is 2.90 bits per heavy atom. The largest absolute Gasteiger partial charge is 0.411 e. The number of benzene rings is 2. The number of carbonyl (C=O) groups is 2. The molecule has 1 aliphatic rings. The van der Waals surface area contributed by atoms with Crippen LogP contribution in [0.4, 0.5) is 11.4 Å². The average molecular weight is 433 g/mol. The standard InChI is InChI=1S/C22H19N5O3S/c1-13-10-19(28)24-17-8-4-5-9-18(17)27(13)20(29)12-31-22-26-25-21(30-22)15-11-23-16-7-3-2-6-14(15)16/h2-9,11,13,23H,10,12H2,1H3,(H,24,28)/t13-/m1/s1. The van der Waals surface area contributed by atoms with E-state index in [1.807, 2.05) is 55.6 Å². The van der Waals surface area contributed by atoms with E-state index < -0.39 is 0 Å². The first kappa shape index (κ1) is 19.4. The average Bonchev–Trinajstić information content (AvgIpc) is 3.37. The SMILES string of the molecule is C[C@@H]1CC(=O)Nc2ccccc2N1C(=O)CSc1nnc(-c2c[nH]c3ccccc23)o1. The summed E-state index contributed by atoms with van der Waals surface area (Å²) in [6, 6.07) is 14.9. The molecule has 156 valence electrons. The Balaban J connectivity index is 1.34. The van der Waals surface area contributed by atoms with Crippen LogP contribution in [0.1, 0.15) is 13.3 Å². The molecule has 0 aliphatic carbocycles. The van der Waals surface area contributed by atoms with Crippen molar-refractivity contribution in [2.24, 2.45) is 0 Å². The second-order valence-corrected chi connectivity index (χ2v) is 8.22. The number of nitrogens with one attached hydrogen (secondary N) is 2. The number of nitrogens with zero attached hydrogens (tertiary/aromatic N) is 3. The summed E-state index contributed by atoms with van der Waals surface area (Å²) < 4.78 is 5.80. The predicted molar refractivity (Wildman–Crippen MR) is 119 cm³/mol. The van der Waals surface area contributed by atoms with Crippen LogP contribution in [-0.4, -0.2) is 38.8 Å². The number of carbonyl (C=O) groups excluding carboxylic acids is 2. The second kappa shape index (κ2) is 7.92. The molecule has 5 rings (SSSR count). The minimum absolute atomic E-state index is 0.108. The second-order valence-electron chi connectivity index (χ2n) is 7.29. The fourth-order valence-electron chi connectivity index (χ4n) is 3.79. The van der Waals surface area contributed by atoms with Crippen LogP contribution < -0.4 is 10.2 Å². The Labute approximate surface area is 182 Å². The van der Waals surface area contributed by atoms with Crippen molar-refractivity contribution in [2.45, 2.75) is 24.6 Å². The van der Waals surface area contributed by atoms with Crippen molar-refractivity contribution >= 4 is 45.9 Å². The molecule has 0 spiro atoms. The number of H-pyrrole nitrogens is 1. The highest BCUT2D eigenvalue weighted by atomic mass is 32.2. The summed E-state index contributed by atoms with van der Waals surface area (Å²) in [7, 11) is 0. The maximum Gasteiger partial charge on any atom is 0.277 e. The van der Waals surface area contributed by atoms with Gasteiger partial charge < -0.3 is 19.6 Å². The molecular formula is C22H19N5O3S. The van der Waals surface area contributed by atoms with E-state index in [1.165, 1.54) is 11.8 Å². The van der Waals surface area contributed by atoms with Crippen LogP contribution in [0.3, 0.4) is 0 Å². The van der Waals surface area contributed by atoms with Crippen LogP contribution in [0.15, 0.2) is 64.4 Å². The van der Waals surface area contributed by atoms with Gasteiger partial charge in [0, 0.05) is 29.6 Å². The molecule has 4 aromatic rings. The van der Waals surface area contributed by atoms with Crippen molar-refractivity contribution in [1.82, 2.24) is 15.2 Å². The number of hydrogen-bond acceptors (Lipinski definition) is 6. The van der Waals surface area contributed by atoms with Gasteiger partial charge in [0.15, 0.2) is 0 Å². The zero-order valence-corrected chi connectivity index (χ0v) is 17.5. The first-order chi connectivity index (χ1) is 15.1. The van der Waals surface area contributed by atoms with Gasteiger partial charge in [0.1, 0.15) is 0 Å². The van der Waals surface area contributed by atoms with Crippen molar-refractivity contribution in [3.63, 3.8) is 0 Å². The van der Waals surface area contributed by atoms with Crippen LogP contribution in [-0.2, 0) is 9.59 Å². The lowest BCUT2D eigenvalue weighted by Crippen LogP contribution is -2.40. The molecule has 0 saturated carbocycles. The lowest BCUT2D eigenvalue weighted by Gasteiger charge is -2.27. The number of hydrogen-bond donors (Lipinski definition) is 2. The highest BCUT2D eigenvalue weighted by Crippen LogP contribution is 2.33. The van der Waals surface area contributed by atoms with E-state index in [1.54, 1.807) is 11.0 Å². The minimum atomic E-state index is -0.263. The third kappa shape index (κ3) is 3.68. The normalized spacial score (nSPS) is 16.1. The van der Waals surface area contributed by atoms with Crippen LogP contribution in [0, 0.1) is 0 Å². The Morgan fingerprint density at radius 2 is 2.00 bits per heavy atom. The molecule has 2 amide bonds. The maximum absolute atomic E-state index is 13.1. The van der Waals surface area contributed by atoms with E-state index in [4.69, 9.17) is 4.42 Å². The molecule has 0 bridgehead atoms. The van der Waals surface area contributed by atoms with E-state index in [0.29, 0.717) is 22.5 Å². The summed E-state index contributed by atoms with van der Waals surface area (Å²) in [6.45, 7) is 1.87. The van der Waals surface area contributed by atoms with Gasteiger partial charge in [-0.25, -0.2) is 0 Å². The van der Waals surface area contributed by atoms with Crippen molar-refractivity contribution in [1.29, 1.82) is 0 Å². The van der Waals surface area contributed by atoms with Gasteiger partial charge in [-0.15, -0.1) is 10.2 Å². The predicted octanol–water partition coefficient (Wildman–Crippen LogP) is 4.07. The van der Waals surface area contributed by atoms with E-state index in [0.717, 1.165) is 16.5 Å². The molecule has 1 atom stereocenters. The Kier molecular flexibility index (Phi) is 4.95. The molecule has 0 radical (unpaired) electrons. The topological polar surface area (TPSA) is 104 Å². The summed E-state index contributed by atoms with van der Waals surface area (Å²) in [5.41, 5.74) is 3.13. The van der Waals surface area contributed by atoms with Crippen molar-refractivity contribution in [2.75, 3.05) is 16.0 Å². The van der Waals surface area contributed by atoms with E-state index in [9.17, 15) is 9.59 Å². The number of aromatic nitrogens is 3. The molecule has 31 heavy (non-hydrogen) atoms. The highest BCUT2D eigenvalue weighted by Gasteiger charge is 2.29. The summed E-state index contributed by atoms with van der Waals surface area (Å²) in [6.07, 6.45) is 2.06. The van der Waals surface area contributed by atoms with Crippen LogP contribution in [0.2, 0.25) is 0 Å². The molecular weight excluding hydrogens is 414 g/mol. The van der Waals surface area contributed by atoms with Crippen molar-refractivity contribution in [3.8, 4) is 11.5 Å². The number of thioether (sulfide) groups is 1. The van der Waals surface area contributed by atoms with E-state index in [-0.39, 0.29) is 30.0 Å². The van der Waals surface area contributed by atoms with Crippen LogP contribution in [0.5, 0.6) is 0 Å². The lowest BCUT2D eigenvalue weighted by atomic mass is 10.2. The number of aromatic amines is 1. The number of amides is 2. The van der Waals surface area contributed by atoms with Gasteiger partial charge in [-0.2, -0.15) is 0 Å². The Bertz CT molecular complexity index is 1280. The first-order valence-corrected chi connectivity index (χ1v) is 10.8. The molecule has 3 heterocycles. The Hall–Kier alpha value is -3.59. The van der Waals surface area contributed by atoms with Crippen molar-refractivity contribution < 1.29 is 14.0 Å². The summed E-state index contributed by atoms with van der Waals surface area (Å²) in [4.78, 5) is 30.1. The fourth-order valence-corrected chi connectivity index (χ4v) is 4.41. The van der Waals surface area contributed by atoms with Gasteiger partial charge in [-0.05, 0) is 25.1 Å². The van der Waals surface area contributed by atoms with Gasteiger partial charge in [0.2, 0.25) is 11.8 Å². The molecule has 1 aliphatic heterocycles. The fraction of sp³-hybridized carbons (Fsp3) is 0.182. The molecule has 9 heteroatoms. The molecule has 0 fully saturated rings. The molecule has 8 nitrogen and oxygen atoms in total. The minimum Gasteiger partial charge on any atom is -0.411 e. The molecule has 2 aromatic carbocycles. The van der Waals surface area contributed by atoms with Gasteiger partial charge in [-0.1, -0.05) is 42.1 Å². The first-order valence-electron chi connectivity index (χ1n) is 9.84. The lowest BCUT2D eigenvalue weighted by molar-refractivity contribution is -0.117. The molecule has 0 saturated heterocycles.